The minimum Gasteiger partial charge on any atom is -0.457 e. The molecule has 2 aliphatic carbocycles. The average molecular weight is 401 g/mol. The predicted octanol–water partition coefficient (Wildman–Crippen LogP) is 3.26. The van der Waals surface area contributed by atoms with Gasteiger partial charge < -0.3 is 4.74 Å². The second-order valence-electron chi connectivity index (χ2n) is 4.72. The van der Waals surface area contributed by atoms with Crippen LogP contribution in [-0.4, -0.2) is 21.4 Å². The molecule has 1 aliphatic heterocycles. The molecule has 0 saturated carbocycles. The molecule has 104 valence electrons. The Morgan fingerprint density at radius 2 is 2.15 bits per heavy atom. The molecule has 0 saturated heterocycles. The SMILES string of the molecule is CC(=O)N1C2=CC(Br)C(=O)C=C2OC2=C1C=C(Br)CC2. The van der Waals surface area contributed by atoms with E-state index in [9.17, 15) is 9.59 Å². The predicted molar refractivity (Wildman–Crippen MR) is 80.8 cm³/mol. The molecule has 0 aromatic carbocycles. The van der Waals surface area contributed by atoms with Crippen molar-refractivity contribution >= 4 is 43.6 Å². The van der Waals surface area contributed by atoms with Gasteiger partial charge in [0.2, 0.25) is 5.91 Å². The monoisotopic (exact) mass is 399 g/mol. The Bertz CT molecular complexity index is 643. The van der Waals surface area contributed by atoms with Crippen molar-refractivity contribution in [2.24, 2.45) is 0 Å². The Labute approximate surface area is 133 Å². The number of ether oxygens (including phenoxy) is 1. The number of carbonyl (C=O) groups is 2. The molecule has 6 heteroatoms. The van der Waals surface area contributed by atoms with E-state index in [2.05, 4.69) is 31.9 Å². The zero-order chi connectivity index (χ0) is 14.4. The lowest BCUT2D eigenvalue weighted by atomic mass is 10.0. The molecule has 1 atom stereocenters. The van der Waals surface area contributed by atoms with Gasteiger partial charge in [-0.2, -0.15) is 0 Å². The fraction of sp³-hybridized carbons (Fsp3) is 0.286. The van der Waals surface area contributed by atoms with Crippen molar-refractivity contribution in [1.29, 1.82) is 0 Å². The number of alkyl halides is 1. The summed E-state index contributed by atoms with van der Waals surface area (Å²) in [4.78, 5) is 25.0. The first-order valence-corrected chi connectivity index (χ1v) is 7.88. The van der Waals surface area contributed by atoms with Gasteiger partial charge >= 0.3 is 0 Å². The molecule has 4 nitrogen and oxygen atoms in total. The van der Waals surface area contributed by atoms with Crippen molar-refractivity contribution in [3.63, 3.8) is 0 Å². The van der Waals surface area contributed by atoms with Crippen LogP contribution in [0.2, 0.25) is 0 Å². The number of nitrogens with zero attached hydrogens (tertiary/aromatic N) is 1. The van der Waals surface area contributed by atoms with Gasteiger partial charge in [0.1, 0.15) is 5.76 Å². The molecule has 0 radical (unpaired) electrons. The summed E-state index contributed by atoms with van der Waals surface area (Å²) in [5.41, 5.74) is 1.37. The van der Waals surface area contributed by atoms with E-state index in [1.54, 1.807) is 11.0 Å². The maximum Gasteiger partial charge on any atom is 0.228 e. The van der Waals surface area contributed by atoms with Gasteiger partial charge in [0.15, 0.2) is 11.5 Å². The number of hydrogen-bond donors (Lipinski definition) is 0. The molecule has 0 fully saturated rings. The van der Waals surface area contributed by atoms with Crippen molar-refractivity contribution in [3.05, 3.63) is 45.6 Å². The normalized spacial score (nSPS) is 25.1. The van der Waals surface area contributed by atoms with Crippen LogP contribution in [0.5, 0.6) is 0 Å². The zero-order valence-electron chi connectivity index (χ0n) is 10.7. The van der Waals surface area contributed by atoms with E-state index in [1.807, 2.05) is 6.08 Å². The maximum absolute atomic E-state index is 12.0. The van der Waals surface area contributed by atoms with E-state index in [0.717, 1.165) is 22.4 Å². The molecule has 0 spiro atoms. The summed E-state index contributed by atoms with van der Waals surface area (Å²) in [7, 11) is 0. The number of fused-ring (bicyclic) bond motifs is 1. The van der Waals surface area contributed by atoms with E-state index < -0.39 is 4.83 Å². The van der Waals surface area contributed by atoms with E-state index in [0.29, 0.717) is 17.9 Å². The minimum atomic E-state index is -0.426. The van der Waals surface area contributed by atoms with E-state index >= 15 is 0 Å². The van der Waals surface area contributed by atoms with Gasteiger partial charge in [-0.25, -0.2) is 0 Å². The highest BCUT2D eigenvalue weighted by Crippen LogP contribution is 2.41. The van der Waals surface area contributed by atoms with Crippen LogP contribution in [0.15, 0.2) is 45.6 Å². The third kappa shape index (κ3) is 2.20. The zero-order valence-corrected chi connectivity index (χ0v) is 13.8. The first kappa shape index (κ1) is 13.8. The largest absolute Gasteiger partial charge is 0.457 e. The van der Waals surface area contributed by atoms with Crippen molar-refractivity contribution in [1.82, 2.24) is 4.90 Å². The van der Waals surface area contributed by atoms with Crippen LogP contribution in [0.4, 0.5) is 0 Å². The third-order valence-corrected chi connectivity index (χ3v) is 4.64. The molecule has 1 heterocycles. The van der Waals surface area contributed by atoms with Crippen LogP contribution in [-0.2, 0) is 14.3 Å². The lowest BCUT2D eigenvalue weighted by Gasteiger charge is -2.36. The van der Waals surface area contributed by atoms with Gasteiger partial charge in [0.05, 0.1) is 16.2 Å². The lowest BCUT2D eigenvalue weighted by Crippen LogP contribution is -2.36. The quantitative estimate of drug-likeness (QED) is 0.586. The van der Waals surface area contributed by atoms with Crippen LogP contribution in [0.1, 0.15) is 19.8 Å². The Kier molecular flexibility index (Phi) is 3.46. The first-order chi connectivity index (χ1) is 9.47. The Hall–Kier alpha value is -1.14. The molecular weight excluding hydrogens is 390 g/mol. The number of rotatable bonds is 0. The van der Waals surface area contributed by atoms with E-state index in [1.165, 1.54) is 13.0 Å². The van der Waals surface area contributed by atoms with E-state index in [4.69, 9.17) is 4.74 Å². The van der Waals surface area contributed by atoms with E-state index in [-0.39, 0.29) is 11.7 Å². The summed E-state index contributed by atoms with van der Waals surface area (Å²) in [6.45, 7) is 1.50. The van der Waals surface area contributed by atoms with Crippen LogP contribution in [0.3, 0.4) is 0 Å². The maximum atomic E-state index is 12.0. The second kappa shape index (κ2) is 5.00. The third-order valence-electron chi connectivity index (χ3n) is 3.30. The standard InChI is InChI=1S/C14H11Br2NO3/c1-7(18)17-10-4-8(15)2-3-13(10)20-14-6-12(19)9(16)5-11(14)17/h4-6,9H,2-3H2,1H3. The number of ketones is 1. The molecule has 1 unspecified atom stereocenters. The van der Waals surface area contributed by atoms with Gasteiger partial charge in [-0.05, 0) is 23.1 Å². The summed E-state index contributed by atoms with van der Waals surface area (Å²) in [6.07, 6.45) is 6.58. The molecule has 3 aliphatic rings. The smallest absolute Gasteiger partial charge is 0.228 e. The lowest BCUT2D eigenvalue weighted by molar-refractivity contribution is -0.126. The Balaban J connectivity index is 2.15. The molecule has 3 rings (SSSR count). The van der Waals surface area contributed by atoms with Crippen LogP contribution in [0.25, 0.3) is 0 Å². The van der Waals surface area contributed by atoms with Gasteiger partial charge in [0, 0.05) is 19.4 Å². The van der Waals surface area contributed by atoms with Crippen molar-refractivity contribution in [3.8, 4) is 0 Å². The molecular formula is C14H11Br2NO3. The number of amides is 1. The van der Waals surface area contributed by atoms with Crippen molar-refractivity contribution < 1.29 is 14.3 Å². The Morgan fingerprint density at radius 3 is 2.85 bits per heavy atom. The van der Waals surface area contributed by atoms with Gasteiger partial charge in [-0.3, -0.25) is 14.5 Å². The fourth-order valence-electron chi connectivity index (χ4n) is 2.41. The summed E-state index contributed by atoms with van der Waals surface area (Å²) >= 11 is 6.76. The van der Waals surface area contributed by atoms with Crippen LogP contribution >= 0.6 is 31.9 Å². The number of carbonyl (C=O) groups excluding carboxylic acids is 2. The average Bonchev–Trinajstić information content (AvgIpc) is 2.37. The molecule has 0 bridgehead atoms. The van der Waals surface area contributed by atoms with Crippen LogP contribution < -0.4 is 0 Å². The summed E-state index contributed by atoms with van der Waals surface area (Å²) < 4.78 is 6.84. The minimum absolute atomic E-state index is 0.0798. The summed E-state index contributed by atoms with van der Waals surface area (Å²) in [5.74, 6) is 0.993. The first-order valence-electron chi connectivity index (χ1n) is 6.17. The number of hydrogen-bond acceptors (Lipinski definition) is 3. The van der Waals surface area contributed by atoms with Crippen LogP contribution in [0, 0.1) is 0 Å². The highest BCUT2D eigenvalue weighted by molar-refractivity contribution is 9.11. The Morgan fingerprint density at radius 1 is 1.40 bits per heavy atom. The molecule has 20 heavy (non-hydrogen) atoms. The number of halogens is 2. The highest BCUT2D eigenvalue weighted by Gasteiger charge is 2.36. The highest BCUT2D eigenvalue weighted by atomic mass is 79.9. The topological polar surface area (TPSA) is 46.6 Å². The molecule has 0 N–H and O–H groups in total. The molecule has 0 aromatic rings. The summed E-state index contributed by atoms with van der Waals surface area (Å²) in [5, 5.41) is 0. The van der Waals surface area contributed by atoms with Gasteiger partial charge in [-0.1, -0.05) is 31.9 Å². The van der Waals surface area contributed by atoms with Gasteiger partial charge in [-0.15, -0.1) is 0 Å². The molecule has 0 aromatic heterocycles. The van der Waals surface area contributed by atoms with Gasteiger partial charge in [0.25, 0.3) is 0 Å². The van der Waals surface area contributed by atoms with Crippen molar-refractivity contribution in [2.45, 2.75) is 24.6 Å². The fourth-order valence-corrected chi connectivity index (χ4v) is 3.21. The number of allylic oxidation sites excluding steroid dienone is 5. The molecule has 1 amide bonds. The van der Waals surface area contributed by atoms with Crippen molar-refractivity contribution in [2.75, 3.05) is 0 Å². The summed E-state index contributed by atoms with van der Waals surface area (Å²) in [6, 6.07) is 0. The second-order valence-corrected chi connectivity index (χ2v) is 6.73.